The van der Waals surface area contributed by atoms with Crippen LogP contribution in [0.1, 0.15) is 11.4 Å². The molecule has 1 aromatic heterocycles. The van der Waals surface area contributed by atoms with E-state index in [9.17, 15) is 13.2 Å². The molecule has 0 aliphatic heterocycles. The van der Waals surface area contributed by atoms with Gasteiger partial charge in [0.1, 0.15) is 5.69 Å². The van der Waals surface area contributed by atoms with E-state index in [1.165, 1.54) is 6.07 Å². The van der Waals surface area contributed by atoms with Crippen molar-refractivity contribution in [3.8, 4) is 0 Å². The second-order valence-electron chi connectivity index (χ2n) is 2.26. The molecule has 0 bridgehead atoms. The normalized spacial score (nSPS) is 11.8. The minimum Gasteiger partial charge on any atom is -0.246 e. The molecule has 0 aliphatic carbocycles. The molecule has 1 rings (SSSR count). The van der Waals surface area contributed by atoms with Crippen LogP contribution in [-0.2, 0) is 11.5 Å². The van der Waals surface area contributed by atoms with E-state index in [0.717, 1.165) is 6.07 Å². The van der Waals surface area contributed by atoms with Crippen molar-refractivity contribution < 1.29 is 13.2 Å². The molecule has 0 unspecified atom stereocenters. The smallest absolute Gasteiger partial charge is 0.246 e. The Morgan fingerprint density at radius 3 is 2.46 bits per heavy atom. The van der Waals surface area contributed by atoms with Crippen LogP contribution < -0.4 is 0 Å². The lowest BCUT2D eigenvalue weighted by molar-refractivity contribution is -0.141. The van der Waals surface area contributed by atoms with Crippen LogP contribution in [-0.4, -0.2) is 4.98 Å². The summed E-state index contributed by atoms with van der Waals surface area (Å²) >= 11 is 8.58. The van der Waals surface area contributed by atoms with E-state index in [-0.39, 0.29) is 16.0 Å². The SMILES string of the molecule is FC(F)(F)c1ccc(Cl)c(CBr)n1. The van der Waals surface area contributed by atoms with Crippen LogP contribution in [0.15, 0.2) is 12.1 Å². The summed E-state index contributed by atoms with van der Waals surface area (Å²) in [5.41, 5.74) is -0.733. The van der Waals surface area contributed by atoms with Crippen molar-refractivity contribution in [2.75, 3.05) is 0 Å². The Kier molecular flexibility index (Phi) is 3.18. The fraction of sp³-hybridized carbons (Fsp3) is 0.286. The largest absolute Gasteiger partial charge is 0.433 e. The molecule has 6 heteroatoms. The van der Waals surface area contributed by atoms with Gasteiger partial charge in [-0.1, -0.05) is 27.5 Å². The van der Waals surface area contributed by atoms with Crippen molar-refractivity contribution in [1.29, 1.82) is 0 Å². The van der Waals surface area contributed by atoms with E-state index < -0.39 is 11.9 Å². The van der Waals surface area contributed by atoms with E-state index in [1.807, 2.05) is 0 Å². The Labute approximate surface area is 86.0 Å². The predicted molar refractivity (Wildman–Crippen MR) is 46.9 cm³/mol. The highest BCUT2D eigenvalue weighted by atomic mass is 79.9. The predicted octanol–water partition coefficient (Wildman–Crippen LogP) is 3.65. The minimum atomic E-state index is -4.42. The lowest BCUT2D eigenvalue weighted by Crippen LogP contribution is -2.08. The van der Waals surface area contributed by atoms with Crippen LogP contribution in [0, 0.1) is 0 Å². The van der Waals surface area contributed by atoms with Gasteiger partial charge in [-0.25, -0.2) is 4.98 Å². The third-order valence-electron chi connectivity index (χ3n) is 1.34. The van der Waals surface area contributed by atoms with E-state index >= 15 is 0 Å². The third-order valence-corrected chi connectivity index (χ3v) is 2.21. The fourth-order valence-corrected chi connectivity index (χ4v) is 1.50. The fourth-order valence-electron chi connectivity index (χ4n) is 0.736. The van der Waals surface area contributed by atoms with Crippen molar-refractivity contribution in [2.45, 2.75) is 11.5 Å². The van der Waals surface area contributed by atoms with Crippen LogP contribution in [0.25, 0.3) is 0 Å². The minimum absolute atomic E-state index is 0.191. The Morgan fingerprint density at radius 2 is 2.00 bits per heavy atom. The topological polar surface area (TPSA) is 12.9 Å². The molecule has 0 radical (unpaired) electrons. The van der Waals surface area contributed by atoms with E-state index in [0.29, 0.717) is 0 Å². The molecule has 0 aromatic carbocycles. The molecule has 1 heterocycles. The summed E-state index contributed by atoms with van der Waals surface area (Å²) in [4.78, 5) is 3.36. The molecule has 0 saturated heterocycles. The van der Waals surface area contributed by atoms with Crippen LogP contribution in [0.5, 0.6) is 0 Å². The molecule has 1 nitrogen and oxygen atoms in total. The van der Waals surface area contributed by atoms with Crippen molar-refractivity contribution in [2.24, 2.45) is 0 Å². The number of rotatable bonds is 1. The van der Waals surface area contributed by atoms with Crippen LogP contribution in [0.3, 0.4) is 0 Å². The second-order valence-corrected chi connectivity index (χ2v) is 3.22. The molecule has 72 valence electrons. The molecule has 0 aliphatic rings. The molecule has 0 amide bonds. The molecular weight excluding hydrogens is 270 g/mol. The summed E-state index contributed by atoms with van der Waals surface area (Å²) < 4.78 is 36.3. The summed E-state index contributed by atoms with van der Waals surface area (Å²) in [6, 6.07) is 2.04. The molecule has 0 atom stereocenters. The number of nitrogens with zero attached hydrogens (tertiary/aromatic N) is 1. The van der Waals surface area contributed by atoms with Gasteiger partial charge in [-0.05, 0) is 12.1 Å². The van der Waals surface area contributed by atoms with Crippen molar-refractivity contribution in [3.63, 3.8) is 0 Å². The molecule has 0 spiro atoms. The first-order chi connectivity index (χ1) is 5.95. The highest BCUT2D eigenvalue weighted by Gasteiger charge is 2.32. The Bertz CT molecular complexity index is 313. The maximum absolute atomic E-state index is 12.1. The third kappa shape index (κ3) is 2.57. The molecule has 13 heavy (non-hydrogen) atoms. The van der Waals surface area contributed by atoms with Crippen molar-refractivity contribution in [1.82, 2.24) is 4.98 Å². The molecule has 0 fully saturated rings. The monoisotopic (exact) mass is 273 g/mol. The molecule has 0 saturated carbocycles. The van der Waals surface area contributed by atoms with Gasteiger partial charge in [0.2, 0.25) is 0 Å². The summed E-state index contributed by atoms with van der Waals surface area (Å²) in [5, 5.41) is 0.431. The van der Waals surface area contributed by atoms with Crippen molar-refractivity contribution >= 4 is 27.5 Å². The number of pyridine rings is 1. The van der Waals surface area contributed by atoms with Gasteiger partial charge in [-0.2, -0.15) is 13.2 Å². The molecular formula is C7H4BrClF3N. The first-order valence-corrected chi connectivity index (χ1v) is 4.73. The lowest BCUT2D eigenvalue weighted by atomic mass is 10.3. The van der Waals surface area contributed by atoms with Gasteiger partial charge in [-0.3, -0.25) is 0 Å². The maximum Gasteiger partial charge on any atom is 0.433 e. The zero-order valence-corrected chi connectivity index (χ0v) is 8.54. The van der Waals surface area contributed by atoms with Gasteiger partial charge in [0.25, 0.3) is 0 Å². The van der Waals surface area contributed by atoms with Crippen molar-refractivity contribution in [3.05, 3.63) is 28.5 Å². The highest BCUT2D eigenvalue weighted by Crippen LogP contribution is 2.29. The lowest BCUT2D eigenvalue weighted by Gasteiger charge is -2.07. The quantitative estimate of drug-likeness (QED) is 0.712. The first kappa shape index (κ1) is 10.8. The molecule has 1 aromatic rings. The van der Waals surface area contributed by atoms with E-state index in [2.05, 4.69) is 20.9 Å². The Hall–Kier alpha value is -0.290. The number of hydrogen-bond donors (Lipinski definition) is 0. The average molecular weight is 274 g/mol. The number of hydrogen-bond acceptors (Lipinski definition) is 1. The molecule has 0 N–H and O–H groups in total. The number of halogens is 5. The Morgan fingerprint density at radius 1 is 1.38 bits per heavy atom. The zero-order chi connectivity index (χ0) is 10.1. The van der Waals surface area contributed by atoms with Gasteiger partial charge >= 0.3 is 6.18 Å². The summed E-state index contributed by atoms with van der Waals surface area (Å²) in [6.45, 7) is 0. The Balaban J connectivity index is 3.14. The summed E-state index contributed by atoms with van der Waals surface area (Å²) in [7, 11) is 0. The first-order valence-electron chi connectivity index (χ1n) is 3.23. The van der Waals surface area contributed by atoms with Crippen LogP contribution in [0.2, 0.25) is 5.02 Å². The zero-order valence-electron chi connectivity index (χ0n) is 6.20. The van der Waals surface area contributed by atoms with E-state index in [4.69, 9.17) is 11.6 Å². The number of aromatic nitrogens is 1. The van der Waals surface area contributed by atoms with Gasteiger partial charge in [0.05, 0.1) is 10.7 Å². The maximum atomic E-state index is 12.1. The van der Waals surface area contributed by atoms with Gasteiger partial charge in [0, 0.05) is 5.33 Å². The average Bonchev–Trinajstić information content (AvgIpc) is 2.03. The summed E-state index contributed by atoms with van der Waals surface area (Å²) in [5.74, 6) is 0. The second kappa shape index (κ2) is 3.84. The van der Waals surface area contributed by atoms with Gasteiger partial charge < -0.3 is 0 Å². The highest BCUT2D eigenvalue weighted by molar-refractivity contribution is 9.08. The van der Waals surface area contributed by atoms with Crippen LogP contribution >= 0.6 is 27.5 Å². The standard InChI is InChI=1S/C7H4BrClF3N/c8-3-5-4(9)1-2-6(13-5)7(10,11)12/h1-2H,3H2. The van der Waals surface area contributed by atoms with Gasteiger partial charge in [-0.15, -0.1) is 0 Å². The van der Waals surface area contributed by atoms with Crippen LogP contribution in [0.4, 0.5) is 13.2 Å². The van der Waals surface area contributed by atoms with Gasteiger partial charge in [0.15, 0.2) is 0 Å². The summed E-state index contributed by atoms with van der Waals surface area (Å²) in [6.07, 6.45) is -4.42. The number of alkyl halides is 4. The van der Waals surface area contributed by atoms with E-state index in [1.54, 1.807) is 0 Å².